The van der Waals surface area contributed by atoms with Crippen LogP contribution in [0.25, 0.3) is 11.0 Å². The van der Waals surface area contributed by atoms with Crippen molar-refractivity contribution >= 4 is 22.6 Å². The SMILES string of the molecule is N#CC(N=O)c1nc2c(Cl)nccc2n1CC1CC1. The fourth-order valence-corrected chi connectivity index (χ4v) is 2.32. The van der Waals surface area contributed by atoms with Crippen LogP contribution in [0.15, 0.2) is 17.4 Å². The number of nitrogens with zero attached hydrogens (tertiary/aromatic N) is 5. The lowest BCUT2D eigenvalue weighted by atomic mass is 10.3. The molecule has 1 aliphatic rings. The minimum atomic E-state index is -1.11. The molecule has 0 aromatic carbocycles. The molecular formula is C12H10ClN5O. The van der Waals surface area contributed by atoms with E-state index in [1.807, 2.05) is 10.6 Å². The van der Waals surface area contributed by atoms with E-state index in [9.17, 15) is 4.91 Å². The van der Waals surface area contributed by atoms with Gasteiger partial charge in [-0.1, -0.05) is 11.6 Å². The van der Waals surface area contributed by atoms with Gasteiger partial charge in [-0.25, -0.2) is 9.97 Å². The number of fused-ring (bicyclic) bond motifs is 1. The zero-order valence-corrected chi connectivity index (χ0v) is 10.7. The fraction of sp³-hybridized carbons (Fsp3) is 0.417. The van der Waals surface area contributed by atoms with E-state index in [2.05, 4.69) is 15.1 Å². The van der Waals surface area contributed by atoms with Crippen molar-refractivity contribution in [2.75, 3.05) is 0 Å². The van der Waals surface area contributed by atoms with Gasteiger partial charge in [-0.15, -0.1) is 4.91 Å². The second-order valence-corrected chi connectivity index (χ2v) is 4.99. The molecule has 2 aromatic rings. The van der Waals surface area contributed by atoms with E-state index in [0.717, 1.165) is 24.9 Å². The number of aromatic nitrogens is 3. The summed E-state index contributed by atoms with van der Waals surface area (Å²) in [6, 6.07) is 2.54. The summed E-state index contributed by atoms with van der Waals surface area (Å²) in [7, 11) is 0. The highest BCUT2D eigenvalue weighted by Crippen LogP contribution is 2.34. The second-order valence-electron chi connectivity index (χ2n) is 4.63. The summed E-state index contributed by atoms with van der Waals surface area (Å²) in [6.07, 6.45) is 3.91. The number of nitriles is 1. The smallest absolute Gasteiger partial charge is 0.235 e. The average molecular weight is 276 g/mol. The van der Waals surface area contributed by atoms with Crippen LogP contribution in [-0.2, 0) is 6.54 Å². The van der Waals surface area contributed by atoms with Gasteiger partial charge >= 0.3 is 0 Å². The molecule has 1 fully saturated rings. The number of pyridine rings is 1. The lowest BCUT2D eigenvalue weighted by Crippen LogP contribution is -2.08. The Hall–Kier alpha value is -2.00. The van der Waals surface area contributed by atoms with Crippen LogP contribution in [0.4, 0.5) is 0 Å². The van der Waals surface area contributed by atoms with Gasteiger partial charge in [0, 0.05) is 12.7 Å². The third-order valence-electron chi connectivity index (χ3n) is 3.26. The molecule has 0 spiro atoms. The van der Waals surface area contributed by atoms with Gasteiger partial charge in [0.15, 0.2) is 11.0 Å². The molecule has 1 saturated carbocycles. The van der Waals surface area contributed by atoms with Crippen molar-refractivity contribution in [3.63, 3.8) is 0 Å². The van der Waals surface area contributed by atoms with Crippen LogP contribution in [0.3, 0.4) is 0 Å². The summed E-state index contributed by atoms with van der Waals surface area (Å²) in [4.78, 5) is 19.0. The summed E-state index contributed by atoms with van der Waals surface area (Å²) in [5.41, 5.74) is 1.31. The molecule has 0 N–H and O–H groups in total. The largest absolute Gasteiger partial charge is 0.325 e. The van der Waals surface area contributed by atoms with E-state index >= 15 is 0 Å². The van der Waals surface area contributed by atoms with E-state index < -0.39 is 6.04 Å². The Labute approximate surface area is 114 Å². The standard InChI is InChI=1S/C12H10ClN5O/c13-11-10-9(3-4-15-11)18(6-7-1-2-7)12(16-10)8(5-14)17-19/h3-4,7-8H,1-2,6H2. The molecule has 1 atom stereocenters. The van der Waals surface area contributed by atoms with Crippen LogP contribution in [0.1, 0.15) is 24.7 Å². The quantitative estimate of drug-likeness (QED) is 0.634. The molecule has 0 amide bonds. The first kappa shape index (κ1) is 12.1. The molecule has 1 unspecified atom stereocenters. The molecule has 6 nitrogen and oxygen atoms in total. The Bertz CT molecular complexity index is 685. The highest BCUT2D eigenvalue weighted by atomic mass is 35.5. The summed E-state index contributed by atoms with van der Waals surface area (Å²) in [6.45, 7) is 0.736. The van der Waals surface area contributed by atoms with E-state index in [4.69, 9.17) is 16.9 Å². The zero-order valence-electron chi connectivity index (χ0n) is 9.95. The lowest BCUT2D eigenvalue weighted by molar-refractivity contribution is 0.598. The van der Waals surface area contributed by atoms with Crippen molar-refractivity contribution in [1.29, 1.82) is 5.26 Å². The van der Waals surface area contributed by atoms with Crippen LogP contribution >= 0.6 is 11.6 Å². The van der Waals surface area contributed by atoms with E-state index in [1.54, 1.807) is 12.3 Å². The van der Waals surface area contributed by atoms with Crippen molar-refractivity contribution in [2.24, 2.45) is 11.1 Å². The van der Waals surface area contributed by atoms with Crippen molar-refractivity contribution in [1.82, 2.24) is 14.5 Å². The monoisotopic (exact) mass is 275 g/mol. The van der Waals surface area contributed by atoms with Gasteiger partial charge in [0.05, 0.1) is 5.52 Å². The Morgan fingerprint density at radius 1 is 1.63 bits per heavy atom. The maximum absolute atomic E-state index is 10.8. The molecule has 0 saturated heterocycles. The number of halogens is 1. The van der Waals surface area contributed by atoms with Crippen LogP contribution in [0, 0.1) is 22.2 Å². The van der Waals surface area contributed by atoms with Crippen LogP contribution in [0.5, 0.6) is 0 Å². The summed E-state index contributed by atoms with van der Waals surface area (Å²) >= 11 is 6.01. The van der Waals surface area contributed by atoms with Gasteiger partial charge < -0.3 is 4.57 Å². The van der Waals surface area contributed by atoms with Crippen LogP contribution in [0.2, 0.25) is 5.15 Å². The van der Waals surface area contributed by atoms with Gasteiger partial charge in [-0.2, -0.15) is 5.26 Å². The third-order valence-corrected chi connectivity index (χ3v) is 3.54. The predicted octanol–water partition coefficient (Wildman–Crippen LogP) is 2.83. The highest BCUT2D eigenvalue weighted by Gasteiger charge is 2.28. The first-order valence-electron chi connectivity index (χ1n) is 5.97. The maximum Gasteiger partial charge on any atom is 0.235 e. The highest BCUT2D eigenvalue weighted by molar-refractivity contribution is 6.33. The average Bonchev–Trinajstić information content (AvgIpc) is 3.15. The van der Waals surface area contributed by atoms with Gasteiger partial charge in [0.2, 0.25) is 6.04 Å². The van der Waals surface area contributed by atoms with Crippen molar-refractivity contribution in [3.05, 3.63) is 28.1 Å². The number of nitroso groups, excluding NO2 is 1. The van der Waals surface area contributed by atoms with Crippen LogP contribution in [-0.4, -0.2) is 14.5 Å². The molecule has 2 aromatic heterocycles. The Morgan fingerprint density at radius 3 is 3.05 bits per heavy atom. The summed E-state index contributed by atoms with van der Waals surface area (Å²) < 4.78 is 1.87. The molecule has 19 heavy (non-hydrogen) atoms. The molecule has 96 valence electrons. The first-order valence-corrected chi connectivity index (χ1v) is 6.35. The van der Waals surface area contributed by atoms with Crippen LogP contribution < -0.4 is 0 Å². The molecule has 0 aliphatic heterocycles. The minimum Gasteiger partial charge on any atom is -0.325 e. The lowest BCUT2D eigenvalue weighted by Gasteiger charge is -2.07. The van der Waals surface area contributed by atoms with E-state index in [1.165, 1.54) is 0 Å². The number of rotatable bonds is 4. The molecule has 2 heterocycles. The predicted molar refractivity (Wildman–Crippen MR) is 69.4 cm³/mol. The zero-order chi connectivity index (χ0) is 13.4. The van der Waals surface area contributed by atoms with Gasteiger partial charge in [0.25, 0.3) is 0 Å². The van der Waals surface area contributed by atoms with Crippen molar-refractivity contribution in [2.45, 2.75) is 25.4 Å². The second kappa shape index (κ2) is 4.59. The topological polar surface area (TPSA) is 83.9 Å². The normalized spacial score (nSPS) is 16.2. The third kappa shape index (κ3) is 2.06. The van der Waals surface area contributed by atoms with E-state index in [-0.39, 0.29) is 5.15 Å². The molecule has 1 aliphatic carbocycles. The number of imidazole rings is 1. The molecular weight excluding hydrogens is 266 g/mol. The fourth-order valence-electron chi connectivity index (χ4n) is 2.13. The van der Waals surface area contributed by atoms with Crippen molar-refractivity contribution in [3.8, 4) is 6.07 Å². The van der Waals surface area contributed by atoms with Gasteiger partial charge in [-0.3, -0.25) is 0 Å². The number of hydrogen-bond donors (Lipinski definition) is 0. The summed E-state index contributed by atoms with van der Waals surface area (Å²) in [5.74, 6) is 0.934. The first-order chi connectivity index (χ1) is 9.24. The maximum atomic E-state index is 10.8. The minimum absolute atomic E-state index is 0.274. The van der Waals surface area contributed by atoms with Gasteiger partial charge in [-0.05, 0) is 30.0 Å². The number of hydrogen-bond acceptors (Lipinski definition) is 5. The van der Waals surface area contributed by atoms with Gasteiger partial charge in [0.1, 0.15) is 11.6 Å². The molecule has 3 rings (SSSR count). The molecule has 7 heteroatoms. The Kier molecular flexibility index (Phi) is 2.91. The Morgan fingerprint density at radius 2 is 2.42 bits per heavy atom. The molecule has 0 radical (unpaired) electrons. The Balaban J connectivity index is 2.20. The summed E-state index contributed by atoms with van der Waals surface area (Å²) in [5, 5.41) is 12.1. The molecule has 0 bridgehead atoms. The van der Waals surface area contributed by atoms with Crippen molar-refractivity contribution < 1.29 is 0 Å². The van der Waals surface area contributed by atoms with E-state index in [0.29, 0.717) is 17.3 Å².